The maximum Gasteiger partial charge on any atom is 0.471 e. The van der Waals surface area contributed by atoms with E-state index in [1.807, 2.05) is 0 Å². The molecule has 2 fully saturated rings. The molecule has 0 bridgehead atoms. The van der Waals surface area contributed by atoms with Crippen molar-refractivity contribution in [2.24, 2.45) is 5.92 Å². The summed E-state index contributed by atoms with van der Waals surface area (Å²) in [5.41, 5.74) is 0. The molecule has 0 spiro atoms. The highest BCUT2D eigenvalue weighted by Crippen LogP contribution is 2.34. The third kappa shape index (κ3) is 2.52. The molecule has 2 atom stereocenters. The monoisotopic (exact) mass is 263 g/mol. The maximum absolute atomic E-state index is 12.5. The Hall–Kier alpha value is -1.07. The van der Waals surface area contributed by atoms with Gasteiger partial charge >= 0.3 is 12.1 Å². The molecule has 1 saturated carbocycles. The van der Waals surface area contributed by atoms with Gasteiger partial charge in [0.1, 0.15) is 5.78 Å². The van der Waals surface area contributed by atoms with Crippen molar-refractivity contribution < 1.29 is 22.8 Å². The van der Waals surface area contributed by atoms with Crippen LogP contribution < -0.4 is 0 Å². The summed E-state index contributed by atoms with van der Waals surface area (Å²) >= 11 is 0. The second-order valence-electron chi connectivity index (χ2n) is 5.02. The number of nitrogens with zero attached hydrogens (tertiary/aromatic N) is 1. The van der Waals surface area contributed by atoms with Gasteiger partial charge in [0.05, 0.1) is 0 Å². The smallest absolute Gasteiger partial charge is 0.331 e. The normalized spacial score (nSPS) is 29.7. The van der Waals surface area contributed by atoms with E-state index >= 15 is 0 Å². The Labute approximate surface area is 103 Å². The molecule has 0 radical (unpaired) electrons. The highest BCUT2D eigenvalue weighted by molar-refractivity contribution is 5.86. The topological polar surface area (TPSA) is 37.4 Å². The molecular weight excluding hydrogens is 247 g/mol. The van der Waals surface area contributed by atoms with Crippen molar-refractivity contribution in [3.8, 4) is 0 Å². The standard InChI is InChI=1S/C12H16F3NO2/c13-12(14,15)11(18)16-7-2-1-5-9(16)8-4-3-6-10(8)17/h8-9H,1-7H2. The number of ketones is 1. The van der Waals surface area contributed by atoms with Gasteiger partial charge in [-0.3, -0.25) is 9.59 Å². The summed E-state index contributed by atoms with van der Waals surface area (Å²) < 4.78 is 37.5. The van der Waals surface area contributed by atoms with Crippen molar-refractivity contribution in [1.82, 2.24) is 4.90 Å². The Morgan fingerprint density at radius 1 is 1.17 bits per heavy atom. The third-order valence-corrected chi connectivity index (χ3v) is 3.87. The Kier molecular flexibility index (Phi) is 3.64. The van der Waals surface area contributed by atoms with Crippen LogP contribution in [0.1, 0.15) is 38.5 Å². The van der Waals surface area contributed by atoms with Gasteiger partial charge in [0.2, 0.25) is 0 Å². The van der Waals surface area contributed by atoms with Crippen LogP contribution in [0.5, 0.6) is 0 Å². The van der Waals surface area contributed by atoms with Gasteiger partial charge in [-0.15, -0.1) is 0 Å². The van der Waals surface area contributed by atoms with Gasteiger partial charge in [0, 0.05) is 24.9 Å². The summed E-state index contributed by atoms with van der Waals surface area (Å²) in [6.07, 6.45) is -1.17. The molecule has 0 aromatic rings. The Bertz CT molecular complexity index is 354. The molecule has 1 saturated heterocycles. The highest BCUT2D eigenvalue weighted by atomic mass is 19.4. The lowest BCUT2D eigenvalue weighted by atomic mass is 9.88. The van der Waals surface area contributed by atoms with Crippen LogP contribution >= 0.6 is 0 Å². The summed E-state index contributed by atoms with van der Waals surface area (Å²) in [7, 11) is 0. The zero-order valence-electron chi connectivity index (χ0n) is 10.0. The number of rotatable bonds is 1. The number of halogens is 3. The molecule has 1 aliphatic carbocycles. The van der Waals surface area contributed by atoms with Crippen LogP contribution in [-0.2, 0) is 9.59 Å². The lowest BCUT2D eigenvalue weighted by Crippen LogP contribution is -2.52. The lowest BCUT2D eigenvalue weighted by molar-refractivity contribution is -0.190. The minimum Gasteiger partial charge on any atom is -0.331 e. The Morgan fingerprint density at radius 3 is 2.44 bits per heavy atom. The van der Waals surface area contributed by atoms with Crippen LogP contribution in [0.15, 0.2) is 0 Å². The van der Waals surface area contributed by atoms with Crippen molar-refractivity contribution in [3.63, 3.8) is 0 Å². The quantitative estimate of drug-likeness (QED) is 0.728. The van der Waals surface area contributed by atoms with Crippen LogP contribution in [0, 0.1) is 5.92 Å². The van der Waals surface area contributed by atoms with Gasteiger partial charge in [-0.25, -0.2) is 0 Å². The number of likely N-dealkylation sites (tertiary alicyclic amines) is 1. The molecule has 0 aromatic heterocycles. The van der Waals surface area contributed by atoms with E-state index in [1.54, 1.807) is 0 Å². The number of piperidine rings is 1. The number of hydrogen-bond donors (Lipinski definition) is 0. The van der Waals surface area contributed by atoms with Gasteiger partial charge < -0.3 is 4.90 Å². The fourth-order valence-corrected chi connectivity index (χ4v) is 3.04. The van der Waals surface area contributed by atoms with E-state index in [4.69, 9.17) is 0 Å². The van der Waals surface area contributed by atoms with Crippen molar-refractivity contribution in [1.29, 1.82) is 0 Å². The summed E-state index contributed by atoms with van der Waals surface area (Å²) in [6, 6.07) is -0.539. The molecule has 2 unspecified atom stereocenters. The first-order chi connectivity index (χ1) is 8.41. The van der Waals surface area contributed by atoms with E-state index in [9.17, 15) is 22.8 Å². The second-order valence-corrected chi connectivity index (χ2v) is 5.02. The number of Topliss-reactive ketones (excluding diaryl/α,β-unsaturated/α-hetero) is 1. The van der Waals surface area contributed by atoms with Crippen LogP contribution in [0.3, 0.4) is 0 Å². The molecule has 2 rings (SSSR count). The molecule has 1 heterocycles. The zero-order valence-corrected chi connectivity index (χ0v) is 10.0. The predicted octanol–water partition coefficient (Wildman–Crippen LogP) is 2.30. The number of amides is 1. The van der Waals surface area contributed by atoms with Gasteiger partial charge in [0.25, 0.3) is 0 Å². The summed E-state index contributed by atoms with van der Waals surface area (Å²) in [5, 5.41) is 0. The van der Waals surface area contributed by atoms with E-state index in [0.29, 0.717) is 25.7 Å². The van der Waals surface area contributed by atoms with Crippen LogP contribution in [0.25, 0.3) is 0 Å². The minimum absolute atomic E-state index is 0.0156. The highest BCUT2D eigenvalue weighted by Gasteiger charge is 2.48. The predicted molar refractivity (Wildman–Crippen MR) is 57.8 cm³/mol. The van der Waals surface area contributed by atoms with E-state index in [-0.39, 0.29) is 18.2 Å². The van der Waals surface area contributed by atoms with E-state index in [1.165, 1.54) is 0 Å². The van der Waals surface area contributed by atoms with Crippen molar-refractivity contribution in [2.75, 3.05) is 6.54 Å². The van der Waals surface area contributed by atoms with E-state index < -0.39 is 18.1 Å². The average molecular weight is 263 g/mol. The van der Waals surface area contributed by atoms with Crippen LogP contribution in [0.2, 0.25) is 0 Å². The number of carbonyl (C=O) groups is 2. The summed E-state index contributed by atoms with van der Waals surface area (Å²) in [6.45, 7) is 0.118. The first-order valence-electron chi connectivity index (χ1n) is 6.32. The summed E-state index contributed by atoms with van der Waals surface area (Å²) in [4.78, 5) is 23.9. The maximum atomic E-state index is 12.5. The van der Waals surface area contributed by atoms with Gasteiger partial charge in [0.15, 0.2) is 0 Å². The lowest BCUT2D eigenvalue weighted by Gasteiger charge is -2.38. The number of carbonyl (C=O) groups excluding carboxylic acids is 2. The third-order valence-electron chi connectivity index (χ3n) is 3.87. The van der Waals surface area contributed by atoms with Crippen molar-refractivity contribution >= 4 is 11.7 Å². The van der Waals surface area contributed by atoms with Gasteiger partial charge in [-0.05, 0) is 32.1 Å². The molecule has 18 heavy (non-hydrogen) atoms. The van der Waals surface area contributed by atoms with Gasteiger partial charge in [-0.2, -0.15) is 13.2 Å². The first kappa shape index (κ1) is 13.4. The van der Waals surface area contributed by atoms with E-state index in [2.05, 4.69) is 0 Å². The molecule has 1 amide bonds. The van der Waals surface area contributed by atoms with E-state index in [0.717, 1.165) is 17.7 Å². The second kappa shape index (κ2) is 4.90. The number of hydrogen-bond acceptors (Lipinski definition) is 2. The van der Waals surface area contributed by atoms with Crippen molar-refractivity contribution in [2.45, 2.75) is 50.7 Å². The molecule has 0 aromatic carbocycles. The minimum atomic E-state index is -4.84. The van der Waals surface area contributed by atoms with Crippen molar-refractivity contribution in [3.05, 3.63) is 0 Å². The molecule has 0 N–H and O–H groups in total. The zero-order chi connectivity index (χ0) is 13.3. The average Bonchev–Trinajstić information content (AvgIpc) is 2.73. The number of alkyl halides is 3. The molecule has 2 aliphatic rings. The summed E-state index contributed by atoms with van der Waals surface area (Å²) in [5.74, 6) is -2.15. The largest absolute Gasteiger partial charge is 0.471 e. The van der Waals surface area contributed by atoms with Crippen LogP contribution in [-0.4, -0.2) is 35.4 Å². The Morgan fingerprint density at radius 2 is 1.89 bits per heavy atom. The Balaban J connectivity index is 2.16. The molecule has 3 nitrogen and oxygen atoms in total. The first-order valence-corrected chi connectivity index (χ1v) is 6.32. The SMILES string of the molecule is O=C1CCCC1C1CCCCN1C(=O)C(F)(F)F. The van der Waals surface area contributed by atoms with Crippen LogP contribution in [0.4, 0.5) is 13.2 Å². The molecule has 1 aliphatic heterocycles. The molecule has 6 heteroatoms. The van der Waals surface area contributed by atoms with Gasteiger partial charge in [-0.1, -0.05) is 0 Å². The fraction of sp³-hybridized carbons (Fsp3) is 0.833. The fourth-order valence-electron chi connectivity index (χ4n) is 3.04. The molecular formula is C12H16F3NO2. The molecule has 102 valence electrons.